The summed E-state index contributed by atoms with van der Waals surface area (Å²) in [6, 6.07) is 15.1. The molecule has 0 aliphatic heterocycles. The molecule has 0 atom stereocenters. The predicted octanol–water partition coefficient (Wildman–Crippen LogP) is 3.62. The molecule has 0 unspecified atom stereocenters. The molecule has 124 valence electrons. The minimum atomic E-state index is 0.0128. The average molecular weight is 321 g/mol. The molecule has 24 heavy (non-hydrogen) atoms. The van der Waals surface area contributed by atoms with Crippen molar-refractivity contribution in [3.63, 3.8) is 0 Å². The van der Waals surface area contributed by atoms with Gasteiger partial charge in [-0.05, 0) is 48.5 Å². The van der Waals surface area contributed by atoms with Crippen LogP contribution >= 0.6 is 0 Å². The molecule has 0 heterocycles. The largest absolute Gasteiger partial charge is 0.371 e. The van der Waals surface area contributed by atoms with Crippen molar-refractivity contribution in [3.05, 3.63) is 85.1 Å². The Balaban J connectivity index is 2.13. The van der Waals surface area contributed by atoms with Gasteiger partial charge in [-0.3, -0.25) is 9.80 Å². The first-order valence-electron chi connectivity index (χ1n) is 7.74. The number of hydrogen-bond acceptors (Lipinski definition) is 4. The SMILES string of the molecule is C=CCN(C)c1ccc(C(=O)c2ccc(N(C)NC=C)cc2)cc1. The van der Waals surface area contributed by atoms with Gasteiger partial charge in [0.25, 0.3) is 0 Å². The molecule has 1 N–H and O–H groups in total. The predicted molar refractivity (Wildman–Crippen MR) is 102 cm³/mol. The molecule has 4 nitrogen and oxygen atoms in total. The van der Waals surface area contributed by atoms with Gasteiger partial charge in [0, 0.05) is 43.7 Å². The number of ketones is 1. The van der Waals surface area contributed by atoms with E-state index in [1.807, 2.05) is 73.7 Å². The van der Waals surface area contributed by atoms with Crippen LogP contribution in [0.2, 0.25) is 0 Å². The number of nitrogens with zero attached hydrogens (tertiary/aromatic N) is 2. The van der Waals surface area contributed by atoms with E-state index in [1.165, 1.54) is 0 Å². The third kappa shape index (κ3) is 4.04. The summed E-state index contributed by atoms with van der Waals surface area (Å²) in [5.74, 6) is 0.0128. The molecule has 2 rings (SSSR count). The second kappa shape index (κ2) is 8.02. The van der Waals surface area contributed by atoms with Gasteiger partial charge in [0.05, 0.1) is 5.69 Å². The van der Waals surface area contributed by atoms with Gasteiger partial charge in [0.1, 0.15) is 0 Å². The van der Waals surface area contributed by atoms with Crippen LogP contribution in [0, 0.1) is 0 Å². The van der Waals surface area contributed by atoms with Gasteiger partial charge in [-0.15, -0.1) is 6.58 Å². The molecule has 0 saturated heterocycles. The van der Waals surface area contributed by atoms with Crippen LogP contribution in [-0.4, -0.2) is 26.4 Å². The maximum atomic E-state index is 12.6. The lowest BCUT2D eigenvalue weighted by atomic mass is 10.0. The van der Waals surface area contributed by atoms with E-state index < -0.39 is 0 Å². The van der Waals surface area contributed by atoms with Crippen molar-refractivity contribution in [2.75, 3.05) is 30.5 Å². The van der Waals surface area contributed by atoms with Crippen LogP contribution in [0.15, 0.2) is 74.0 Å². The third-order valence-electron chi connectivity index (χ3n) is 3.77. The molecule has 0 amide bonds. The standard InChI is InChI=1S/C20H23N3O/c1-5-15-22(3)18-11-7-16(8-12-18)20(24)17-9-13-19(14-10-17)23(4)21-6-2/h5-14,21H,1-2,15H2,3-4H3. The van der Waals surface area contributed by atoms with Gasteiger partial charge < -0.3 is 10.3 Å². The van der Waals surface area contributed by atoms with Crippen molar-refractivity contribution in [2.24, 2.45) is 0 Å². The van der Waals surface area contributed by atoms with Crippen LogP contribution in [0.5, 0.6) is 0 Å². The van der Waals surface area contributed by atoms with E-state index in [9.17, 15) is 4.79 Å². The molecule has 0 spiro atoms. The smallest absolute Gasteiger partial charge is 0.193 e. The summed E-state index contributed by atoms with van der Waals surface area (Å²) >= 11 is 0. The Bertz CT molecular complexity index is 643. The number of hydrogen-bond donors (Lipinski definition) is 1. The molecule has 0 fully saturated rings. The fraction of sp³-hybridized carbons (Fsp3) is 0.150. The number of rotatable bonds is 8. The maximum absolute atomic E-state index is 12.6. The summed E-state index contributed by atoms with van der Waals surface area (Å²) in [7, 11) is 3.88. The van der Waals surface area contributed by atoms with Crippen LogP contribution in [0.3, 0.4) is 0 Å². The molecule has 0 aliphatic rings. The number of benzene rings is 2. The van der Waals surface area contributed by atoms with E-state index in [0.29, 0.717) is 11.1 Å². The monoisotopic (exact) mass is 321 g/mol. The Morgan fingerprint density at radius 3 is 1.92 bits per heavy atom. The lowest BCUT2D eigenvalue weighted by Crippen LogP contribution is -2.29. The molecular formula is C20H23N3O. The third-order valence-corrected chi connectivity index (χ3v) is 3.77. The quantitative estimate of drug-likeness (QED) is 0.457. The van der Waals surface area contributed by atoms with Crippen LogP contribution < -0.4 is 15.3 Å². The number of carbonyl (C=O) groups excluding carboxylic acids is 1. The van der Waals surface area contributed by atoms with Crippen molar-refractivity contribution >= 4 is 17.2 Å². The van der Waals surface area contributed by atoms with E-state index in [-0.39, 0.29) is 5.78 Å². The molecule has 0 aromatic heterocycles. The molecule has 0 radical (unpaired) electrons. The summed E-state index contributed by atoms with van der Waals surface area (Å²) < 4.78 is 0. The first-order valence-corrected chi connectivity index (χ1v) is 7.74. The Kier molecular flexibility index (Phi) is 5.79. The highest BCUT2D eigenvalue weighted by atomic mass is 16.1. The number of anilines is 2. The topological polar surface area (TPSA) is 35.6 Å². The molecule has 0 saturated carbocycles. The minimum absolute atomic E-state index is 0.0128. The first kappa shape index (κ1) is 17.3. The minimum Gasteiger partial charge on any atom is -0.371 e. The summed E-state index contributed by atoms with van der Waals surface area (Å²) in [5, 5.41) is 1.82. The maximum Gasteiger partial charge on any atom is 0.193 e. The van der Waals surface area contributed by atoms with Gasteiger partial charge >= 0.3 is 0 Å². The van der Waals surface area contributed by atoms with E-state index in [0.717, 1.165) is 17.9 Å². The molecule has 0 aliphatic carbocycles. The van der Waals surface area contributed by atoms with Crippen molar-refractivity contribution in [1.82, 2.24) is 5.43 Å². The highest BCUT2D eigenvalue weighted by molar-refractivity contribution is 6.09. The Morgan fingerprint density at radius 1 is 0.958 bits per heavy atom. The number of hydrazine groups is 1. The number of nitrogens with one attached hydrogen (secondary N) is 1. The zero-order valence-corrected chi connectivity index (χ0v) is 14.2. The zero-order chi connectivity index (χ0) is 17.5. The normalized spacial score (nSPS) is 9.92. The van der Waals surface area contributed by atoms with Crippen molar-refractivity contribution in [3.8, 4) is 0 Å². The fourth-order valence-corrected chi connectivity index (χ4v) is 2.38. The van der Waals surface area contributed by atoms with E-state index in [1.54, 1.807) is 6.20 Å². The fourth-order valence-electron chi connectivity index (χ4n) is 2.38. The Morgan fingerprint density at radius 2 is 1.46 bits per heavy atom. The van der Waals surface area contributed by atoms with Crippen LogP contribution in [0.4, 0.5) is 11.4 Å². The second-order valence-corrected chi connectivity index (χ2v) is 5.48. The van der Waals surface area contributed by atoms with E-state index >= 15 is 0 Å². The summed E-state index contributed by atoms with van der Waals surface area (Å²) in [4.78, 5) is 14.7. The van der Waals surface area contributed by atoms with Crippen LogP contribution in [-0.2, 0) is 0 Å². The van der Waals surface area contributed by atoms with Crippen molar-refractivity contribution in [1.29, 1.82) is 0 Å². The first-order chi connectivity index (χ1) is 11.6. The zero-order valence-electron chi connectivity index (χ0n) is 14.2. The second-order valence-electron chi connectivity index (χ2n) is 5.48. The Hall–Kier alpha value is -3.01. The van der Waals surface area contributed by atoms with Gasteiger partial charge in [0.2, 0.25) is 0 Å². The highest BCUT2D eigenvalue weighted by Crippen LogP contribution is 2.18. The highest BCUT2D eigenvalue weighted by Gasteiger charge is 2.10. The van der Waals surface area contributed by atoms with Gasteiger partial charge in [-0.1, -0.05) is 12.7 Å². The van der Waals surface area contributed by atoms with E-state index in [4.69, 9.17) is 0 Å². The lowest BCUT2D eigenvalue weighted by Gasteiger charge is -2.19. The number of carbonyl (C=O) groups is 1. The van der Waals surface area contributed by atoms with Gasteiger partial charge in [-0.2, -0.15) is 0 Å². The summed E-state index contributed by atoms with van der Waals surface area (Å²) in [6.45, 7) is 8.13. The molecule has 2 aromatic carbocycles. The molecule has 0 bridgehead atoms. The van der Waals surface area contributed by atoms with Gasteiger partial charge in [-0.25, -0.2) is 0 Å². The summed E-state index contributed by atoms with van der Waals surface area (Å²) in [6.07, 6.45) is 3.45. The van der Waals surface area contributed by atoms with E-state index in [2.05, 4.69) is 23.5 Å². The average Bonchev–Trinajstić information content (AvgIpc) is 2.62. The van der Waals surface area contributed by atoms with Crippen molar-refractivity contribution < 1.29 is 4.79 Å². The molecular weight excluding hydrogens is 298 g/mol. The molecule has 4 heteroatoms. The lowest BCUT2D eigenvalue weighted by molar-refractivity contribution is 0.103. The molecule has 2 aromatic rings. The van der Waals surface area contributed by atoms with Crippen molar-refractivity contribution in [2.45, 2.75) is 0 Å². The van der Waals surface area contributed by atoms with Crippen LogP contribution in [0.1, 0.15) is 15.9 Å². The van der Waals surface area contributed by atoms with Gasteiger partial charge in [0.15, 0.2) is 5.78 Å². The summed E-state index contributed by atoms with van der Waals surface area (Å²) in [5.41, 5.74) is 6.32. The Labute approximate surface area is 143 Å². The van der Waals surface area contributed by atoms with Crippen LogP contribution in [0.25, 0.3) is 0 Å². The number of likely N-dealkylation sites (N-methyl/N-ethyl adjacent to an activating group) is 1.